The summed E-state index contributed by atoms with van der Waals surface area (Å²) in [6, 6.07) is 13.2. The van der Waals surface area contributed by atoms with Crippen molar-refractivity contribution in [3.05, 3.63) is 58.6 Å². The van der Waals surface area contributed by atoms with Crippen molar-refractivity contribution in [1.29, 1.82) is 0 Å². The molecule has 2 nitrogen and oxygen atoms in total. The fourth-order valence-electron chi connectivity index (χ4n) is 1.94. The molecule has 2 rings (SSSR count). The molecule has 0 unspecified atom stereocenters. The van der Waals surface area contributed by atoms with Crippen molar-refractivity contribution in [2.45, 2.75) is 26.4 Å². The Bertz CT molecular complexity index is 564. The lowest BCUT2D eigenvalue weighted by Gasteiger charge is -2.15. The lowest BCUT2D eigenvalue weighted by atomic mass is 10.0. The van der Waals surface area contributed by atoms with Crippen molar-refractivity contribution in [3.8, 4) is 11.5 Å². The highest BCUT2D eigenvalue weighted by Gasteiger charge is 2.10. The van der Waals surface area contributed by atoms with Crippen LogP contribution in [-0.2, 0) is 6.61 Å². The van der Waals surface area contributed by atoms with E-state index in [9.17, 15) is 5.11 Å². The molecule has 0 saturated heterocycles. The fraction of sp³-hybridized carbons (Fsp3) is 0.250. The summed E-state index contributed by atoms with van der Waals surface area (Å²) >= 11 is 5.91. The zero-order valence-electron chi connectivity index (χ0n) is 11.1. The summed E-state index contributed by atoms with van der Waals surface area (Å²) in [6.07, 6.45) is 0. The van der Waals surface area contributed by atoms with Crippen molar-refractivity contribution < 1.29 is 9.84 Å². The van der Waals surface area contributed by atoms with Crippen molar-refractivity contribution >= 4 is 11.6 Å². The Kier molecular flexibility index (Phi) is 4.46. The van der Waals surface area contributed by atoms with Crippen molar-refractivity contribution in [3.63, 3.8) is 0 Å². The first-order chi connectivity index (χ1) is 9.11. The first kappa shape index (κ1) is 13.9. The second kappa shape index (κ2) is 6.09. The van der Waals surface area contributed by atoms with Gasteiger partial charge in [0, 0.05) is 10.6 Å². The minimum Gasteiger partial charge on any atom is -0.457 e. The van der Waals surface area contributed by atoms with Crippen LogP contribution < -0.4 is 4.74 Å². The highest BCUT2D eigenvalue weighted by molar-refractivity contribution is 6.30. The van der Waals surface area contributed by atoms with Crippen LogP contribution in [0.2, 0.25) is 5.02 Å². The largest absolute Gasteiger partial charge is 0.457 e. The maximum atomic E-state index is 9.36. The number of aliphatic hydroxyl groups excluding tert-OH is 1. The van der Waals surface area contributed by atoms with Gasteiger partial charge in [0.25, 0.3) is 0 Å². The van der Waals surface area contributed by atoms with Crippen LogP contribution in [-0.4, -0.2) is 5.11 Å². The third kappa shape index (κ3) is 3.28. The quantitative estimate of drug-likeness (QED) is 0.873. The molecule has 0 aromatic heterocycles. The number of hydrogen-bond donors (Lipinski definition) is 1. The fourth-order valence-corrected chi connectivity index (χ4v) is 2.13. The van der Waals surface area contributed by atoms with Gasteiger partial charge in [-0.05, 0) is 35.7 Å². The molecule has 0 aliphatic heterocycles. The zero-order valence-corrected chi connectivity index (χ0v) is 11.8. The van der Waals surface area contributed by atoms with Gasteiger partial charge in [-0.15, -0.1) is 0 Å². The Morgan fingerprint density at radius 3 is 2.53 bits per heavy atom. The maximum absolute atomic E-state index is 9.36. The van der Waals surface area contributed by atoms with E-state index in [1.165, 1.54) is 0 Å². The second-order valence-electron chi connectivity index (χ2n) is 4.70. The average Bonchev–Trinajstić information content (AvgIpc) is 2.41. The number of para-hydroxylation sites is 1. The van der Waals surface area contributed by atoms with Gasteiger partial charge in [0.15, 0.2) is 0 Å². The molecule has 3 heteroatoms. The molecule has 0 amide bonds. The average molecular weight is 277 g/mol. The van der Waals surface area contributed by atoms with E-state index in [-0.39, 0.29) is 6.61 Å². The van der Waals surface area contributed by atoms with E-state index < -0.39 is 0 Å². The van der Waals surface area contributed by atoms with Gasteiger partial charge in [-0.25, -0.2) is 0 Å². The normalized spacial score (nSPS) is 10.8. The van der Waals surface area contributed by atoms with Gasteiger partial charge in [0.2, 0.25) is 0 Å². The molecule has 2 aromatic carbocycles. The summed E-state index contributed by atoms with van der Waals surface area (Å²) in [4.78, 5) is 0. The van der Waals surface area contributed by atoms with Crippen LogP contribution >= 0.6 is 11.6 Å². The molecule has 0 atom stereocenters. The molecule has 2 aromatic rings. The molecular weight excluding hydrogens is 260 g/mol. The predicted molar refractivity (Wildman–Crippen MR) is 78.0 cm³/mol. The first-order valence-electron chi connectivity index (χ1n) is 6.28. The van der Waals surface area contributed by atoms with Gasteiger partial charge in [-0.2, -0.15) is 0 Å². The molecule has 0 spiro atoms. The topological polar surface area (TPSA) is 29.5 Å². The monoisotopic (exact) mass is 276 g/mol. The summed E-state index contributed by atoms with van der Waals surface area (Å²) in [5, 5.41) is 9.95. The number of hydrogen-bond acceptors (Lipinski definition) is 2. The third-order valence-corrected chi connectivity index (χ3v) is 3.19. The van der Waals surface area contributed by atoms with Crippen LogP contribution in [0.15, 0.2) is 42.5 Å². The first-order valence-corrected chi connectivity index (χ1v) is 6.65. The number of benzene rings is 2. The summed E-state index contributed by atoms with van der Waals surface area (Å²) in [7, 11) is 0. The maximum Gasteiger partial charge on any atom is 0.133 e. The van der Waals surface area contributed by atoms with Crippen molar-refractivity contribution in [1.82, 2.24) is 0 Å². The predicted octanol–water partition coefficient (Wildman–Crippen LogP) is 4.75. The number of rotatable bonds is 4. The van der Waals surface area contributed by atoms with Crippen molar-refractivity contribution in [2.24, 2.45) is 0 Å². The Balaban J connectivity index is 2.36. The van der Waals surface area contributed by atoms with Gasteiger partial charge >= 0.3 is 0 Å². The van der Waals surface area contributed by atoms with Gasteiger partial charge < -0.3 is 9.84 Å². The van der Waals surface area contributed by atoms with E-state index in [2.05, 4.69) is 19.9 Å². The zero-order chi connectivity index (χ0) is 13.8. The van der Waals surface area contributed by atoms with Crippen LogP contribution in [0.4, 0.5) is 0 Å². The van der Waals surface area contributed by atoms with E-state index in [4.69, 9.17) is 16.3 Å². The number of halogens is 1. The highest BCUT2D eigenvalue weighted by atomic mass is 35.5. The molecule has 19 heavy (non-hydrogen) atoms. The van der Waals surface area contributed by atoms with E-state index in [1.807, 2.05) is 18.2 Å². The molecule has 100 valence electrons. The van der Waals surface area contributed by atoms with Crippen LogP contribution in [0.3, 0.4) is 0 Å². The van der Waals surface area contributed by atoms with Crippen LogP contribution in [0.25, 0.3) is 0 Å². The molecule has 1 N–H and O–H groups in total. The van der Waals surface area contributed by atoms with Gasteiger partial charge in [0.1, 0.15) is 11.5 Å². The standard InChI is InChI=1S/C16H17ClO2/c1-11(2)14-5-3-4-6-16(14)19-15-8-7-13(17)9-12(15)10-18/h3-9,11,18H,10H2,1-2H3. The van der Waals surface area contributed by atoms with Gasteiger partial charge in [-0.1, -0.05) is 43.6 Å². The van der Waals surface area contributed by atoms with Crippen LogP contribution in [0.1, 0.15) is 30.9 Å². The van der Waals surface area contributed by atoms with Crippen molar-refractivity contribution in [2.75, 3.05) is 0 Å². The van der Waals surface area contributed by atoms with E-state index >= 15 is 0 Å². The lowest BCUT2D eigenvalue weighted by molar-refractivity contribution is 0.276. The molecule has 0 fully saturated rings. The Hall–Kier alpha value is -1.51. The van der Waals surface area contributed by atoms with Gasteiger partial charge in [0.05, 0.1) is 6.61 Å². The van der Waals surface area contributed by atoms with Crippen LogP contribution in [0, 0.1) is 0 Å². The van der Waals surface area contributed by atoms with Gasteiger partial charge in [-0.3, -0.25) is 0 Å². The molecule has 0 saturated carbocycles. The molecule has 0 aliphatic carbocycles. The second-order valence-corrected chi connectivity index (χ2v) is 5.14. The molecule has 0 heterocycles. The summed E-state index contributed by atoms with van der Waals surface area (Å²) in [5.74, 6) is 1.83. The van der Waals surface area contributed by atoms with Crippen LogP contribution in [0.5, 0.6) is 11.5 Å². The smallest absolute Gasteiger partial charge is 0.133 e. The number of aliphatic hydroxyl groups is 1. The summed E-state index contributed by atoms with van der Waals surface area (Å²) in [6.45, 7) is 4.15. The number of ether oxygens (including phenoxy) is 1. The minimum atomic E-state index is -0.0975. The molecule has 0 radical (unpaired) electrons. The van der Waals surface area contributed by atoms with E-state index in [1.54, 1.807) is 18.2 Å². The highest BCUT2D eigenvalue weighted by Crippen LogP contribution is 2.33. The molecule has 0 bridgehead atoms. The minimum absolute atomic E-state index is 0.0975. The Morgan fingerprint density at radius 2 is 1.84 bits per heavy atom. The summed E-state index contributed by atoms with van der Waals surface area (Å²) < 4.78 is 5.93. The van der Waals surface area contributed by atoms with E-state index in [0.717, 1.165) is 11.3 Å². The molecule has 0 aliphatic rings. The third-order valence-electron chi connectivity index (χ3n) is 2.95. The Morgan fingerprint density at radius 1 is 1.11 bits per heavy atom. The van der Waals surface area contributed by atoms with E-state index in [0.29, 0.717) is 22.3 Å². The summed E-state index contributed by atoms with van der Waals surface area (Å²) in [5.41, 5.74) is 1.83. The SMILES string of the molecule is CC(C)c1ccccc1Oc1ccc(Cl)cc1CO. The lowest BCUT2D eigenvalue weighted by Crippen LogP contribution is -1.96. The Labute approximate surface area is 118 Å². The molecular formula is C16H17ClO2.